The molecule has 0 unspecified atom stereocenters. The van der Waals surface area contributed by atoms with Gasteiger partial charge in [0.25, 0.3) is 0 Å². The molecule has 28 heavy (non-hydrogen) atoms. The van der Waals surface area contributed by atoms with Crippen LogP contribution in [0.3, 0.4) is 0 Å². The molecule has 9 heteroatoms. The number of rotatable bonds is 6. The van der Waals surface area contributed by atoms with E-state index in [0.717, 1.165) is 5.56 Å². The number of carbonyl (C=O) groups is 3. The monoisotopic (exact) mass is 430 g/mol. The van der Waals surface area contributed by atoms with Crippen molar-refractivity contribution in [2.24, 2.45) is 11.7 Å². The topological polar surface area (TPSA) is 95.7 Å². The van der Waals surface area contributed by atoms with Gasteiger partial charge in [-0.05, 0) is 23.6 Å². The van der Waals surface area contributed by atoms with E-state index >= 15 is 0 Å². The van der Waals surface area contributed by atoms with E-state index in [1.54, 1.807) is 21.9 Å². The highest BCUT2D eigenvalue weighted by molar-refractivity contribution is 6.30. The second kappa shape index (κ2) is 11.2. The maximum absolute atomic E-state index is 12.4. The zero-order valence-corrected chi connectivity index (χ0v) is 17.8. The maximum Gasteiger partial charge on any atom is 0.242 e. The van der Waals surface area contributed by atoms with Crippen molar-refractivity contribution in [2.75, 3.05) is 32.7 Å². The predicted octanol–water partition coefficient (Wildman–Crippen LogP) is 1.07. The Morgan fingerprint density at radius 2 is 1.54 bits per heavy atom. The van der Waals surface area contributed by atoms with Crippen LogP contribution in [0.25, 0.3) is 0 Å². The highest BCUT2D eigenvalue weighted by Crippen LogP contribution is 2.12. The first-order valence-corrected chi connectivity index (χ1v) is 9.49. The van der Waals surface area contributed by atoms with Gasteiger partial charge >= 0.3 is 0 Å². The van der Waals surface area contributed by atoms with Gasteiger partial charge in [0.1, 0.15) is 0 Å². The first-order valence-electron chi connectivity index (χ1n) is 9.11. The molecule has 1 aliphatic rings. The molecule has 1 heterocycles. The van der Waals surface area contributed by atoms with Gasteiger partial charge in [0.15, 0.2) is 0 Å². The lowest BCUT2D eigenvalue weighted by Crippen LogP contribution is -2.54. The quantitative estimate of drug-likeness (QED) is 0.705. The fraction of sp³-hybridized carbons (Fsp3) is 0.526. The van der Waals surface area contributed by atoms with Gasteiger partial charge in [-0.1, -0.05) is 37.6 Å². The van der Waals surface area contributed by atoms with Crippen LogP contribution in [0.4, 0.5) is 0 Å². The molecule has 1 atom stereocenters. The molecule has 1 aromatic carbocycles. The Kier molecular flexibility index (Phi) is 9.72. The zero-order chi connectivity index (χ0) is 20.0. The minimum absolute atomic E-state index is 0. The summed E-state index contributed by atoms with van der Waals surface area (Å²) >= 11 is 5.85. The van der Waals surface area contributed by atoms with Crippen molar-refractivity contribution >= 4 is 41.7 Å². The first kappa shape index (κ1) is 24.2. The molecular weight excluding hydrogens is 403 g/mol. The molecule has 1 aromatic rings. The van der Waals surface area contributed by atoms with E-state index in [0.29, 0.717) is 37.6 Å². The van der Waals surface area contributed by atoms with Crippen LogP contribution < -0.4 is 11.1 Å². The van der Waals surface area contributed by atoms with Crippen LogP contribution in [0.5, 0.6) is 0 Å². The van der Waals surface area contributed by atoms with E-state index < -0.39 is 6.04 Å². The summed E-state index contributed by atoms with van der Waals surface area (Å²) in [7, 11) is 0. The van der Waals surface area contributed by atoms with Gasteiger partial charge in [-0.2, -0.15) is 0 Å². The van der Waals surface area contributed by atoms with Crippen molar-refractivity contribution in [1.29, 1.82) is 0 Å². The molecule has 0 aliphatic carbocycles. The Balaban J connectivity index is 0.00000392. The van der Waals surface area contributed by atoms with Gasteiger partial charge in [0.2, 0.25) is 17.7 Å². The molecule has 0 spiro atoms. The van der Waals surface area contributed by atoms with Crippen molar-refractivity contribution < 1.29 is 14.4 Å². The summed E-state index contributed by atoms with van der Waals surface area (Å²) in [6.07, 6.45) is 0.314. The zero-order valence-electron chi connectivity index (χ0n) is 16.2. The van der Waals surface area contributed by atoms with Crippen LogP contribution in [0.1, 0.15) is 19.4 Å². The van der Waals surface area contributed by atoms with E-state index in [-0.39, 0.29) is 42.6 Å². The third kappa shape index (κ3) is 6.96. The van der Waals surface area contributed by atoms with E-state index in [2.05, 4.69) is 5.32 Å². The predicted molar refractivity (Wildman–Crippen MR) is 111 cm³/mol. The third-order valence-electron chi connectivity index (χ3n) is 4.69. The van der Waals surface area contributed by atoms with Crippen LogP contribution in [0.2, 0.25) is 5.02 Å². The number of amides is 3. The number of piperazine rings is 1. The number of nitrogens with zero attached hydrogens (tertiary/aromatic N) is 2. The van der Waals surface area contributed by atoms with Crippen molar-refractivity contribution in [3.8, 4) is 0 Å². The lowest BCUT2D eigenvalue weighted by atomic mass is 10.1. The van der Waals surface area contributed by atoms with Crippen molar-refractivity contribution in [1.82, 2.24) is 15.1 Å². The molecule has 1 fully saturated rings. The number of halogens is 2. The fourth-order valence-corrected chi connectivity index (χ4v) is 2.92. The van der Waals surface area contributed by atoms with E-state index in [1.807, 2.05) is 26.0 Å². The van der Waals surface area contributed by atoms with Gasteiger partial charge in [-0.25, -0.2) is 0 Å². The summed E-state index contributed by atoms with van der Waals surface area (Å²) in [5.74, 6) is -0.449. The Labute approximate surface area is 177 Å². The second-order valence-corrected chi connectivity index (χ2v) is 7.49. The van der Waals surface area contributed by atoms with Crippen LogP contribution in [0, 0.1) is 5.92 Å². The molecule has 2 rings (SSSR count). The minimum Gasteiger partial charge on any atom is -0.346 e. The molecular formula is C19H28Cl2N4O3. The number of carbonyl (C=O) groups excluding carboxylic acids is 3. The fourth-order valence-electron chi connectivity index (χ4n) is 2.79. The molecule has 7 nitrogen and oxygen atoms in total. The largest absolute Gasteiger partial charge is 0.346 e. The van der Waals surface area contributed by atoms with Crippen LogP contribution in [0.15, 0.2) is 24.3 Å². The molecule has 3 amide bonds. The Morgan fingerprint density at radius 3 is 2.04 bits per heavy atom. The molecule has 0 radical (unpaired) electrons. The number of benzene rings is 1. The van der Waals surface area contributed by atoms with Crippen LogP contribution in [-0.2, 0) is 20.8 Å². The average molecular weight is 431 g/mol. The minimum atomic E-state index is -0.625. The average Bonchev–Trinajstić information content (AvgIpc) is 2.67. The van der Waals surface area contributed by atoms with Gasteiger partial charge in [0, 0.05) is 31.2 Å². The van der Waals surface area contributed by atoms with Gasteiger partial charge < -0.3 is 20.9 Å². The second-order valence-electron chi connectivity index (χ2n) is 7.05. The Hall–Kier alpha value is -1.83. The number of hydrogen-bond donors (Lipinski definition) is 2. The highest BCUT2D eigenvalue weighted by atomic mass is 35.5. The first-order chi connectivity index (χ1) is 12.8. The van der Waals surface area contributed by atoms with E-state index in [9.17, 15) is 14.4 Å². The van der Waals surface area contributed by atoms with Gasteiger partial charge in [-0.3, -0.25) is 14.4 Å². The summed E-state index contributed by atoms with van der Waals surface area (Å²) in [6.45, 7) is 5.51. The highest BCUT2D eigenvalue weighted by Gasteiger charge is 2.25. The lowest BCUT2D eigenvalue weighted by molar-refractivity contribution is -0.139. The summed E-state index contributed by atoms with van der Waals surface area (Å²) < 4.78 is 0. The molecule has 156 valence electrons. The summed E-state index contributed by atoms with van der Waals surface area (Å²) in [5, 5.41) is 3.22. The molecule has 1 aliphatic heterocycles. The van der Waals surface area contributed by atoms with Crippen molar-refractivity contribution in [3.63, 3.8) is 0 Å². The SMILES string of the molecule is CC(C)[C@H](N)C(=O)NCC(=O)N1CCN(C(=O)Cc2ccc(Cl)cc2)CC1.Cl. The number of hydrogen-bond acceptors (Lipinski definition) is 4. The lowest BCUT2D eigenvalue weighted by Gasteiger charge is -2.35. The number of nitrogens with one attached hydrogen (secondary N) is 1. The van der Waals surface area contributed by atoms with E-state index in [1.165, 1.54) is 0 Å². The summed E-state index contributed by atoms with van der Waals surface area (Å²) in [5.41, 5.74) is 6.67. The van der Waals surface area contributed by atoms with Gasteiger partial charge in [-0.15, -0.1) is 12.4 Å². The molecule has 0 bridgehead atoms. The molecule has 0 saturated carbocycles. The Morgan fingerprint density at radius 1 is 1.04 bits per heavy atom. The van der Waals surface area contributed by atoms with Crippen molar-refractivity contribution in [3.05, 3.63) is 34.9 Å². The molecule has 0 aromatic heterocycles. The van der Waals surface area contributed by atoms with Crippen molar-refractivity contribution in [2.45, 2.75) is 26.3 Å². The smallest absolute Gasteiger partial charge is 0.242 e. The normalized spacial score (nSPS) is 15.0. The molecule has 3 N–H and O–H groups in total. The van der Waals surface area contributed by atoms with Crippen LogP contribution in [-0.4, -0.2) is 66.3 Å². The van der Waals surface area contributed by atoms with E-state index in [4.69, 9.17) is 17.3 Å². The third-order valence-corrected chi connectivity index (χ3v) is 4.94. The van der Waals surface area contributed by atoms with Gasteiger partial charge in [0.05, 0.1) is 19.0 Å². The molecule has 1 saturated heterocycles. The summed E-state index contributed by atoms with van der Waals surface area (Å²) in [6, 6.07) is 6.58. The standard InChI is InChI=1S/C19H27ClN4O3.ClH/c1-13(2)18(21)19(27)22-12-17(26)24-9-7-23(8-10-24)16(25)11-14-3-5-15(20)6-4-14;/h3-6,13,18H,7-12,21H2,1-2H3,(H,22,27);1H/t18-;/m0./s1. The Bertz CT molecular complexity index is 674. The van der Waals surface area contributed by atoms with Crippen LogP contribution >= 0.6 is 24.0 Å². The summed E-state index contributed by atoms with van der Waals surface area (Å²) in [4.78, 5) is 39.9. The maximum atomic E-state index is 12.4. The number of nitrogens with two attached hydrogens (primary N) is 1.